The van der Waals surface area contributed by atoms with E-state index in [0.29, 0.717) is 10.8 Å². The van der Waals surface area contributed by atoms with E-state index in [4.69, 9.17) is 0 Å². The molecule has 8 aliphatic rings. The fraction of sp³-hybridized carbons (Fsp3) is 0.778. The molecule has 0 unspecified atom stereocenters. The van der Waals surface area contributed by atoms with E-state index in [0.717, 1.165) is 41.3 Å². The lowest BCUT2D eigenvalue weighted by atomic mass is 9.46. The van der Waals surface area contributed by atoms with E-state index in [2.05, 4.69) is 19.1 Å². The van der Waals surface area contributed by atoms with Crippen molar-refractivity contribution in [2.24, 2.45) is 35.5 Å². The lowest BCUT2D eigenvalue weighted by Gasteiger charge is -2.59. The maximum absolute atomic E-state index is 11.9. The van der Waals surface area contributed by atoms with Crippen LogP contribution in [0.15, 0.2) is 12.1 Å². The first-order valence-electron chi connectivity index (χ1n) is 12.4. The van der Waals surface area contributed by atoms with Crippen molar-refractivity contribution in [1.29, 1.82) is 0 Å². The lowest BCUT2D eigenvalue weighted by Crippen LogP contribution is -2.50. The highest BCUT2D eigenvalue weighted by molar-refractivity contribution is 5.54. The van der Waals surface area contributed by atoms with Crippen LogP contribution in [0.3, 0.4) is 0 Å². The third-order valence-corrected chi connectivity index (χ3v) is 10.6. The van der Waals surface area contributed by atoms with Crippen LogP contribution in [-0.2, 0) is 10.8 Å². The van der Waals surface area contributed by atoms with Crippen molar-refractivity contribution in [2.75, 3.05) is 0 Å². The second kappa shape index (κ2) is 5.38. The molecule has 0 saturated heterocycles. The summed E-state index contributed by atoms with van der Waals surface area (Å²) >= 11 is 0. The molecule has 1 aromatic carbocycles. The smallest absolute Gasteiger partial charge is 0.123 e. The number of hydrogen-bond donors (Lipinski definition) is 1. The molecular weight excluding hydrogens is 340 g/mol. The Kier molecular flexibility index (Phi) is 3.22. The predicted octanol–water partition coefficient (Wildman–Crippen LogP) is 6.64. The SMILES string of the molecule is Cc1ccc(C23CC4CC(CC(C4)C2)C3)c(O)c1C12CC3CC(CC(C3)C1)C2. The molecule has 8 aliphatic carbocycles. The van der Waals surface area contributed by atoms with Crippen LogP contribution in [0.25, 0.3) is 0 Å². The summed E-state index contributed by atoms with van der Waals surface area (Å²) in [5, 5.41) is 11.9. The van der Waals surface area contributed by atoms with E-state index in [1.54, 1.807) is 0 Å². The molecule has 0 radical (unpaired) electrons. The highest BCUT2D eigenvalue weighted by Gasteiger charge is 2.55. The zero-order valence-electron chi connectivity index (χ0n) is 17.6. The van der Waals surface area contributed by atoms with Crippen LogP contribution in [0, 0.1) is 42.4 Å². The molecule has 8 fully saturated rings. The molecule has 0 amide bonds. The van der Waals surface area contributed by atoms with E-state index in [9.17, 15) is 5.11 Å². The zero-order valence-corrected chi connectivity index (χ0v) is 17.6. The molecule has 1 nitrogen and oxygen atoms in total. The van der Waals surface area contributed by atoms with Crippen molar-refractivity contribution in [3.05, 3.63) is 28.8 Å². The molecule has 1 N–H and O–H groups in total. The summed E-state index contributed by atoms with van der Waals surface area (Å²) in [6.07, 6.45) is 17.0. The average Bonchev–Trinajstić information content (AvgIpc) is 2.58. The zero-order chi connectivity index (χ0) is 18.7. The van der Waals surface area contributed by atoms with Crippen LogP contribution in [0.2, 0.25) is 0 Å². The third-order valence-electron chi connectivity index (χ3n) is 10.6. The van der Waals surface area contributed by atoms with Gasteiger partial charge in [0.1, 0.15) is 5.75 Å². The first-order valence-corrected chi connectivity index (χ1v) is 12.4. The molecule has 1 aromatic rings. The quantitative estimate of drug-likeness (QED) is 0.613. The van der Waals surface area contributed by atoms with Crippen LogP contribution in [0.5, 0.6) is 5.75 Å². The molecule has 8 bridgehead atoms. The first-order chi connectivity index (χ1) is 13.5. The Morgan fingerprint density at radius 1 is 0.643 bits per heavy atom. The van der Waals surface area contributed by atoms with Crippen LogP contribution in [0.1, 0.15) is 93.7 Å². The van der Waals surface area contributed by atoms with Crippen molar-refractivity contribution < 1.29 is 5.11 Å². The van der Waals surface area contributed by atoms with Crippen molar-refractivity contribution in [3.63, 3.8) is 0 Å². The van der Waals surface area contributed by atoms with E-state index < -0.39 is 0 Å². The van der Waals surface area contributed by atoms with Crippen LogP contribution in [0.4, 0.5) is 0 Å². The highest BCUT2D eigenvalue weighted by atomic mass is 16.3. The summed E-state index contributed by atoms with van der Waals surface area (Å²) in [6.45, 7) is 2.29. The Bertz CT molecular complexity index is 762. The number of phenolic OH excluding ortho intramolecular Hbond substituents is 1. The first kappa shape index (κ1) is 16.8. The fourth-order valence-corrected chi connectivity index (χ4v) is 10.6. The van der Waals surface area contributed by atoms with Crippen molar-refractivity contribution in [3.8, 4) is 5.75 Å². The maximum atomic E-state index is 11.9. The minimum Gasteiger partial charge on any atom is -0.507 e. The Morgan fingerprint density at radius 2 is 1.04 bits per heavy atom. The van der Waals surface area contributed by atoms with Crippen molar-refractivity contribution in [1.82, 2.24) is 0 Å². The van der Waals surface area contributed by atoms with Crippen molar-refractivity contribution >= 4 is 0 Å². The molecule has 1 heteroatoms. The molecule has 150 valence electrons. The number of rotatable bonds is 2. The fourth-order valence-electron chi connectivity index (χ4n) is 10.6. The van der Waals surface area contributed by atoms with Gasteiger partial charge in [0.25, 0.3) is 0 Å². The largest absolute Gasteiger partial charge is 0.507 e. The second-order valence-corrected chi connectivity index (χ2v) is 12.5. The van der Waals surface area contributed by atoms with Gasteiger partial charge in [-0.05, 0) is 130 Å². The topological polar surface area (TPSA) is 20.2 Å². The summed E-state index contributed by atoms with van der Waals surface area (Å²) in [7, 11) is 0. The number of hydrogen-bond acceptors (Lipinski definition) is 1. The van der Waals surface area contributed by atoms with Gasteiger partial charge in [0.2, 0.25) is 0 Å². The average molecular weight is 377 g/mol. The Morgan fingerprint density at radius 3 is 1.46 bits per heavy atom. The summed E-state index contributed by atoms with van der Waals surface area (Å²) in [5.41, 5.74) is 4.79. The van der Waals surface area contributed by atoms with Gasteiger partial charge in [0.15, 0.2) is 0 Å². The molecular formula is C27H36O. The second-order valence-electron chi connectivity index (χ2n) is 12.5. The monoisotopic (exact) mass is 376 g/mol. The van der Waals surface area contributed by atoms with Crippen LogP contribution in [-0.4, -0.2) is 5.11 Å². The van der Waals surface area contributed by atoms with Gasteiger partial charge in [-0.3, -0.25) is 0 Å². The predicted molar refractivity (Wildman–Crippen MR) is 113 cm³/mol. The van der Waals surface area contributed by atoms with Gasteiger partial charge in [-0.15, -0.1) is 0 Å². The third kappa shape index (κ3) is 2.15. The Hall–Kier alpha value is -0.980. The van der Waals surface area contributed by atoms with E-state index in [1.807, 2.05) is 0 Å². The number of phenols is 1. The molecule has 0 aliphatic heterocycles. The van der Waals surface area contributed by atoms with Crippen LogP contribution < -0.4 is 0 Å². The van der Waals surface area contributed by atoms with Gasteiger partial charge >= 0.3 is 0 Å². The number of aryl methyl sites for hydroxylation is 1. The van der Waals surface area contributed by atoms with Gasteiger partial charge in [-0.2, -0.15) is 0 Å². The van der Waals surface area contributed by atoms with Gasteiger partial charge in [0.05, 0.1) is 0 Å². The lowest BCUT2D eigenvalue weighted by molar-refractivity contribution is -0.0104. The van der Waals surface area contributed by atoms with E-state index in [1.165, 1.54) is 93.7 Å². The minimum atomic E-state index is 0.307. The molecule has 0 heterocycles. The van der Waals surface area contributed by atoms with Crippen molar-refractivity contribution in [2.45, 2.75) is 94.8 Å². The van der Waals surface area contributed by atoms with Crippen LogP contribution >= 0.6 is 0 Å². The number of aromatic hydroxyl groups is 1. The maximum Gasteiger partial charge on any atom is 0.123 e. The molecule has 28 heavy (non-hydrogen) atoms. The van der Waals surface area contributed by atoms with E-state index in [-0.39, 0.29) is 0 Å². The molecule has 9 rings (SSSR count). The molecule has 0 aromatic heterocycles. The Balaban J connectivity index is 1.36. The van der Waals surface area contributed by atoms with Gasteiger partial charge in [-0.25, -0.2) is 0 Å². The summed E-state index contributed by atoms with van der Waals surface area (Å²) < 4.78 is 0. The normalized spacial score (nSPS) is 50.5. The minimum absolute atomic E-state index is 0.307. The number of benzene rings is 1. The molecule has 0 atom stereocenters. The summed E-state index contributed by atoms with van der Waals surface area (Å²) in [6, 6.07) is 4.77. The standard InChI is InChI=1S/C27H36O/c1-16-2-3-23(26-10-17-4-18(11-26)6-19(5-17)12-26)25(28)24(16)27-13-20-7-21(14-27)9-22(8-20)15-27/h2-3,17-22,28H,4-15H2,1H3. The Labute approximate surface area is 170 Å². The molecule has 0 spiro atoms. The van der Waals surface area contributed by atoms with E-state index >= 15 is 0 Å². The van der Waals surface area contributed by atoms with Gasteiger partial charge in [0, 0.05) is 16.5 Å². The summed E-state index contributed by atoms with van der Waals surface area (Å²) in [5.74, 6) is 6.40. The summed E-state index contributed by atoms with van der Waals surface area (Å²) in [4.78, 5) is 0. The van der Waals surface area contributed by atoms with Gasteiger partial charge < -0.3 is 5.11 Å². The van der Waals surface area contributed by atoms with Gasteiger partial charge in [-0.1, -0.05) is 12.1 Å². The molecule has 8 saturated carbocycles. The highest BCUT2D eigenvalue weighted by Crippen LogP contribution is 2.65.